The molecule has 0 saturated heterocycles. The molecule has 0 aromatic rings. The highest BCUT2D eigenvalue weighted by atomic mass is 32.2. The van der Waals surface area contributed by atoms with Crippen molar-refractivity contribution in [2.24, 2.45) is 5.73 Å². The summed E-state index contributed by atoms with van der Waals surface area (Å²) < 4.78 is 38.3. The molecule has 0 heterocycles. The van der Waals surface area contributed by atoms with E-state index in [1.807, 2.05) is 0 Å². The van der Waals surface area contributed by atoms with E-state index in [4.69, 9.17) is 20.1 Å². The summed E-state index contributed by atoms with van der Waals surface area (Å²) in [6, 6.07) is 0. The molecular formula is C2H8NO6PS. The predicted octanol–water partition coefficient (Wildman–Crippen LogP) is -1.66. The molecule has 9 heteroatoms. The summed E-state index contributed by atoms with van der Waals surface area (Å²) in [5, 5.41) is 0. The van der Waals surface area contributed by atoms with Crippen molar-refractivity contribution in [2.75, 3.05) is 5.75 Å². The van der Waals surface area contributed by atoms with E-state index >= 15 is 0 Å². The van der Waals surface area contributed by atoms with Crippen molar-refractivity contribution in [3.63, 3.8) is 0 Å². The standard InChI is InChI=1S/C2H8NO6PS/c3-2(10(4,5)6)1-11(7,8)9/h2H,1,3H2,(H2,4,5,6)(H,7,8,9). The first kappa shape index (κ1) is 11.0. The minimum absolute atomic E-state index is 1.14. The molecule has 0 aromatic heterocycles. The van der Waals surface area contributed by atoms with Gasteiger partial charge in [0, 0.05) is 0 Å². The Hall–Kier alpha value is 0.0200. The molecule has 0 saturated carbocycles. The third-order valence-electron chi connectivity index (χ3n) is 0.813. The molecule has 0 amide bonds. The molecule has 0 bridgehead atoms. The van der Waals surface area contributed by atoms with E-state index < -0.39 is 29.2 Å². The van der Waals surface area contributed by atoms with Crippen LogP contribution in [-0.2, 0) is 14.7 Å². The average molecular weight is 205 g/mol. The van der Waals surface area contributed by atoms with Crippen molar-refractivity contribution in [3.05, 3.63) is 0 Å². The lowest BCUT2D eigenvalue weighted by Gasteiger charge is -2.10. The molecule has 1 atom stereocenters. The second-order valence-corrected chi connectivity index (χ2v) is 5.24. The highest BCUT2D eigenvalue weighted by Crippen LogP contribution is 2.38. The first-order valence-electron chi connectivity index (χ1n) is 2.39. The average Bonchev–Trinajstić information content (AvgIpc) is 1.56. The highest BCUT2D eigenvalue weighted by molar-refractivity contribution is 7.86. The van der Waals surface area contributed by atoms with E-state index in [2.05, 4.69) is 0 Å². The molecule has 11 heavy (non-hydrogen) atoms. The maximum absolute atomic E-state index is 10.2. The summed E-state index contributed by atoms with van der Waals surface area (Å²) in [4.78, 5) is 16.5. The molecule has 0 aromatic carbocycles. The smallest absolute Gasteiger partial charge is 0.323 e. The largest absolute Gasteiger partial charge is 0.343 e. The molecular weight excluding hydrogens is 197 g/mol. The fourth-order valence-electron chi connectivity index (χ4n) is 0.313. The van der Waals surface area contributed by atoms with Gasteiger partial charge in [-0.15, -0.1) is 0 Å². The summed E-state index contributed by atoms with van der Waals surface area (Å²) in [6.07, 6.45) is 0. The van der Waals surface area contributed by atoms with E-state index in [1.165, 1.54) is 0 Å². The quantitative estimate of drug-likeness (QED) is 0.319. The minimum Gasteiger partial charge on any atom is -0.323 e. The summed E-state index contributed by atoms with van der Waals surface area (Å²) in [5.41, 5.74) is 4.73. The van der Waals surface area contributed by atoms with E-state index in [1.54, 1.807) is 0 Å². The van der Waals surface area contributed by atoms with Crippen molar-refractivity contribution in [1.82, 2.24) is 0 Å². The van der Waals surface area contributed by atoms with Crippen LogP contribution in [0.1, 0.15) is 0 Å². The van der Waals surface area contributed by atoms with Crippen LogP contribution >= 0.6 is 7.60 Å². The van der Waals surface area contributed by atoms with Gasteiger partial charge in [0.25, 0.3) is 10.1 Å². The van der Waals surface area contributed by atoms with Crippen LogP contribution in [-0.4, -0.2) is 34.3 Å². The van der Waals surface area contributed by atoms with Gasteiger partial charge in [-0.3, -0.25) is 9.12 Å². The highest BCUT2D eigenvalue weighted by Gasteiger charge is 2.28. The van der Waals surface area contributed by atoms with Crippen LogP contribution in [0.2, 0.25) is 0 Å². The maximum Gasteiger partial charge on any atom is 0.343 e. The van der Waals surface area contributed by atoms with Gasteiger partial charge in [0.15, 0.2) is 0 Å². The molecule has 5 N–H and O–H groups in total. The molecule has 0 aliphatic carbocycles. The Morgan fingerprint density at radius 1 is 1.45 bits per heavy atom. The van der Waals surface area contributed by atoms with Gasteiger partial charge in [0.1, 0.15) is 11.5 Å². The molecule has 0 aliphatic heterocycles. The fraction of sp³-hybridized carbons (Fsp3) is 1.00. The molecule has 0 fully saturated rings. The van der Waals surface area contributed by atoms with Gasteiger partial charge in [-0.05, 0) is 0 Å². The molecule has 7 nitrogen and oxygen atoms in total. The monoisotopic (exact) mass is 205 g/mol. The van der Waals surface area contributed by atoms with Gasteiger partial charge in [-0.2, -0.15) is 8.42 Å². The van der Waals surface area contributed by atoms with Crippen LogP contribution in [0.25, 0.3) is 0 Å². The van der Waals surface area contributed by atoms with Gasteiger partial charge >= 0.3 is 7.60 Å². The summed E-state index contributed by atoms with van der Waals surface area (Å²) in [7, 11) is -9.04. The van der Waals surface area contributed by atoms with E-state index in [-0.39, 0.29) is 0 Å². The lowest BCUT2D eigenvalue weighted by molar-refractivity contribution is 0.360. The SMILES string of the molecule is NC(CS(=O)(=O)O)P(=O)(O)O. The number of rotatable bonds is 3. The Morgan fingerprint density at radius 2 is 1.82 bits per heavy atom. The van der Waals surface area contributed by atoms with Crippen molar-refractivity contribution >= 4 is 17.7 Å². The van der Waals surface area contributed by atoms with E-state index in [9.17, 15) is 13.0 Å². The molecule has 1 unspecified atom stereocenters. The molecule has 0 rings (SSSR count). The van der Waals surface area contributed by atoms with Crippen LogP contribution in [0.4, 0.5) is 0 Å². The zero-order chi connectivity index (χ0) is 9.28. The normalized spacial score (nSPS) is 16.4. The topological polar surface area (TPSA) is 138 Å². The Balaban J connectivity index is 4.34. The van der Waals surface area contributed by atoms with Crippen LogP contribution in [0.15, 0.2) is 0 Å². The van der Waals surface area contributed by atoms with Gasteiger partial charge in [-0.25, -0.2) is 0 Å². The lowest BCUT2D eigenvalue weighted by Crippen LogP contribution is -2.29. The van der Waals surface area contributed by atoms with E-state index in [0.717, 1.165) is 0 Å². The zero-order valence-electron chi connectivity index (χ0n) is 5.28. The number of nitrogens with two attached hydrogens (primary N) is 1. The lowest BCUT2D eigenvalue weighted by atomic mass is 10.8. The van der Waals surface area contributed by atoms with Gasteiger partial charge in [-0.1, -0.05) is 0 Å². The van der Waals surface area contributed by atoms with Crippen molar-refractivity contribution in [1.29, 1.82) is 0 Å². The molecule has 0 aliphatic rings. The second kappa shape index (κ2) is 3.18. The molecule has 0 spiro atoms. The van der Waals surface area contributed by atoms with Crippen molar-refractivity contribution in [3.8, 4) is 0 Å². The second-order valence-electron chi connectivity index (χ2n) is 1.91. The zero-order valence-corrected chi connectivity index (χ0v) is 6.99. The maximum atomic E-state index is 10.2. The molecule has 0 radical (unpaired) electrons. The Labute approximate surface area is 63.1 Å². The Morgan fingerprint density at radius 3 is 1.91 bits per heavy atom. The third-order valence-corrected chi connectivity index (χ3v) is 2.89. The van der Waals surface area contributed by atoms with Crippen molar-refractivity contribution in [2.45, 2.75) is 5.78 Å². The Kier molecular flexibility index (Phi) is 3.18. The van der Waals surface area contributed by atoms with Crippen molar-refractivity contribution < 1.29 is 27.3 Å². The minimum atomic E-state index is -4.61. The molecule has 68 valence electrons. The first-order chi connectivity index (χ1) is 4.63. The van der Waals surface area contributed by atoms with Gasteiger partial charge in [0.2, 0.25) is 0 Å². The number of hydrogen-bond acceptors (Lipinski definition) is 4. The van der Waals surface area contributed by atoms with Gasteiger partial charge in [0.05, 0.1) is 0 Å². The number of hydrogen-bond donors (Lipinski definition) is 4. The van der Waals surface area contributed by atoms with Crippen LogP contribution < -0.4 is 5.73 Å². The fourth-order valence-corrected chi connectivity index (χ4v) is 2.09. The predicted molar refractivity (Wildman–Crippen MR) is 36.4 cm³/mol. The first-order valence-corrected chi connectivity index (χ1v) is 5.68. The van der Waals surface area contributed by atoms with Gasteiger partial charge < -0.3 is 15.5 Å². The summed E-state index contributed by atoms with van der Waals surface area (Å²) >= 11 is 0. The third kappa shape index (κ3) is 5.31. The van der Waals surface area contributed by atoms with Crippen LogP contribution in [0.3, 0.4) is 0 Å². The summed E-state index contributed by atoms with van der Waals surface area (Å²) in [5.74, 6) is -3.01. The van der Waals surface area contributed by atoms with Crippen LogP contribution in [0, 0.1) is 0 Å². The van der Waals surface area contributed by atoms with E-state index in [0.29, 0.717) is 0 Å². The Bertz CT molecular complexity index is 264. The van der Waals surface area contributed by atoms with Crippen LogP contribution in [0.5, 0.6) is 0 Å². The summed E-state index contributed by atoms with van der Waals surface area (Å²) in [6.45, 7) is 0.